The van der Waals surface area contributed by atoms with Crippen LogP contribution in [0, 0.1) is 0 Å². The number of ether oxygens (including phenoxy) is 2. The first-order chi connectivity index (χ1) is 13.5. The average Bonchev–Trinajstić information content (AvgIpc) is 2.72. The molecule has 0 fully saturated rings. The normalized spacial score (nSPS) is 13.0. The summed E-state index contributed by atoms with van der Waals surface area (Å²) in [7, 11) is 1.56. The molecule has 2 atom stereocenters. The Kier molecular flexibility index (Phi) is 7.81. The molecule has 0 aromatic heterocycles. The quantitative estimate of drug-likeness (QED) is 0.527. The van der Waals surface area contributed by atoms with Crippen LogP contribution in [0.1, 0.15) is 44.2 Å². The van der Waals surface area contributed by atoms with Gasteiger partial charge in [0.1, 0.15) is 5.75 Å². The predicted octanol–water partition coefficient (Wildman–Crippen LogP) is 4.79. The van der Waals surface area contributed by atoms with E-state index >= 15 is 0 Å². The maximum Gasteiger partial charge on any atom is 0.331 e. The highest BCUT2D eigenvalue weighted by molar-refractivity contribution is 5.97. The molecule has 0 aliphatic heterocycles. The first-order valence-electron chi connectivity index (χ1n) is 9.37. The standard InChI is InChI=1S/C23H27NO4/c1-5-16(2)19-11-7-8-12-20(19)24-23(26)17(3)28-22(25)15-14-18-10-6-9-13-21(18)27-4/h6-17H,5H2,1-4H3,(H,24,26)/b15-14+. The van der Waals surface area contributed by atoms with Gasteiger partial charge in [0.05, 0.1) is 7.11 Å². The van der Waals surface area contributed by atoms with Gasteiger partial charge >= 0.3 is 5.97 Å². The van der Waals surface area contributed by atoms with E-state index in [0.717, 1.165) is 23.2 Å². The summed E-state index contributed by atoms with van der Waals surface area (Å²) in [5.41, 5.74) is 2.56. The van der Waals surface area contributed by atoms with Crippen molar-refractivity contribution in [1.82, 2.24) is 0 Å². The van der Waals surface area contributed by atoms with Gasteiger partial charge in [-0.1, -0.05) is 50.2 Å². The van der Waals surface area contributed by atoms with Crippen LogP contribution in [0.5, 0.6) is 5.75 Å². The number of carbonyl (C=O) groups is 2. The number of rotatable bonds is 8. The van der Waals surface area contributed by atoms with Crippen LogP contribution >= 0.6 is 0 Å². The molecule has 0 saturated heterocycles. The molecule has 0 aliphatic carbocycles. The Labute approximate surface area is 166 Å². The summed E-state index contributed by atoms with van der Waals surface area (Å²) in [5.74, 6) is 0.00990. The third-order valence-corrected chi connectivity index (χ3v) is 4.56. The molecule has 5 nitrogen and oxygen atoms in total. The molecule has 1 N–H and O–H groups in total. The molecule has 148 valence electrons. The molecule has 0 aliphatic rings. The lowest BCUT2D eigenvalue weighted by Gasteiger charge is -2.17. The molecular formula is C23H27NO4. The van der Waals surface area contributed by atoms with Gasteiger partial charge in [-0.3, -0.25) is 4.79 Å². The molecule has 5 heteroatoms. The zero-order valence-electron chi connectivity index (χ0n) is 16.8. The summed E-state index contributed by atoms with van der Waals surface area (Å²) >= 11 is 0. The number of anilines is 1. The first-order valence-corrected chi connectivity index (χ1v) is 9.37. The third kappa shape index (κ3) is 5.71. The summed E-state index contributed by atoms with van der Waals surface area (Å²) in [5, 5.41) is 2.86. The lowest BCUT2D eigenvalue weighted by Crippen LogP contribution is -2.29. The number of nitrogens with one attached hydrogen (secondary N) is 1. The molecule has 0 heterocycles. The predicted molar refractivity (Wildman–Crippen MR) is 111 cm³/mol. The van der Waals surface area contributed by atoms with Crippen molar-refractivity contribution >= 4 is 23.6 Å². The van der Waals surface area contributed by atoms with E-state index in [1.54, 1.807) is 26.2 Å². The Morgan fingerprint density at radius 1 is 1.07 bits per heavy atom. The molecule has 28 heavy (non-hydrogen) atoms. The minimum Gasteiger partial charge on any atom is -0.496 e. The second-order valence-electron chi connectivity index (χ2n) is 6.54. The van der Waals surface area contributed by atoms with Crippen LogP contribution in [-0.4, -0.2) is 25.1 Å². The molecule has 2 rings (SSSR count). The van der Waals surface area contributed by atoms with E-state index in [4.69, 9.17) is 9.47 Å². The van der Waals surface area contributed by atoms with Crippen molar-refractivity contribution in [3.05, 3.63) is 65.7 Å². The van der Waals surface area contributed by atoms with E-state index < -0.39 is 12.1 Å². The summed E-state index contributed by atoms with van der Waals surface area (Å²) < 4.78 is 10.5. The van der Waals surface area contributed by atoms with Gasteiger partial charge in [-0.25, -0.2) is 4.79 Å². The Balaban J connectivity index is 1.99. The van der Waals surface area contributed by atoms with E-state index in [1.165, 1.54) is 6.08 Å². The molecule has 0 bridgehead atoms. The number of hydrogen-bond acceptors (Lipinski definition) is 4. The lowest BCUT2D eigenvalue weighted by molar-refractivity contribution is -0.148. The molecule has 0 saturated carbocycles. The smallest absolute Gasteiger partial charge is 0.331 e. The molecule has 2 aromatic rings. The van der Waals surface area contributed by atoms with Crippen molar-refractivity contribution in [2.75, 3.05) is 12.4 Å². The van der Waals surface area contributed by atoms with Crippen molar-refractivity contribution in [3.63, 3.8) is 0 Å². The van der Waals surface area contributed by atoms with Gasteiger partial charge in [0, 0.05) is 17.3 Å². The van der Waals surface area contributed by atoms with Crippen LogP contribution in [0.4, 0.5) is 5.69 Å². The number of hydrogen-bond donors (Lipinski definition) is 1. The zero-order valence-corrected chi connectivity index (χ0v) is 16.8. The lowest BCUT2D eigenvalue weighted by atomic mass is 9.97. The number of methoxy groups -OCH3 is 1. The van der Waals surface area contributed by atoms with Crippen molar-refractivity contribution in [3.8, 4) is 5.75 Å². The SMILES string of the molecule is CCC(C)c1ccccc1NC(=O)C(C)OC(=O)/C=C/c1ccccc1OC. The van der Waals surface area contributed by atoms with Gasteiger partial charge in [-0.05, 0) is 43.0 Å². The summed E-state index contributed by atoms with van der Waals surface area (Å²) in [6, 6.07) is 15.0. The van der Waals surface area contributed by atoms with E-state index in [1.807, 2.05) is 42.5 Å². The van der Waals surface area contributed by atoms with Crippen LogP contribution in [0.2, 0.25) is 0 Å². The Morgan fingerprint density at radius 2 is 1.75 bits per heavy atom. The summed E-state index contributed by atoms with van der Waals surface area (Å²) in [6.45, 7) is 5.76. The highest BCUT2D eigenvalue weighted by Crippen LogP contribution is 2.26. The van der Waals surface area contributed by atoms with Crippen LogP contribution in [0.25, 0.3) is 6.08 Å². The largest absolute Gasteiger partial charge is 0.496 e. The maximum absolute atomic E-state index is 12.5. The summed E-state index contributed by atoms with van der Waals surface area (Å²) in [6.07, 6.45) is 2.93. The number of esters is 1. The second kappa shape index (κ2) is 10.3. The average molecular weight is 381 g/mol. The molecule has 0 radical (unpaired) electrons. The number of para-hydroxylation sites is 2. The van der Waals surface area contributed by atoms with Gasteiger partial charge in [0.15, 0.2) is 6.10 Å². The van der Waals surface area contributed by atoms with Crippen molar-refractivity contribution in [2.45, 2.75) is 39.2 Å². The van der Waals surface area contributed by atoms with Crippen molar-refractivity contribution < 1.29 is 19.1 Å². The van der Waals surface area contributed by atoms with E-state index in [2.05, 4.69) is 19.2 Å². The highest BCUT2D eigenvalue weighted by atomic mass is 16.5. The van der Waals surface area contributed by atoms with E-state index in [9.17, 15) is 9.59 Å². The Morgan fingerprint density at radius 3 is 2.46 bits per heavy atom. The monoisotopic (exact) mass is 381 g/mol. The van der Waals surface area contributed by atoms with Crippen LogP contribution in [0.15, 0.2) is 54.6 Å². The maximum atomic E-state index is 12.5. The van der Waals surface area contributed by atoms with E-state index in [-0.39, 0.29) is 5.91 Å². The molecular weight excluding hydrogens is 354 g/mol. The number of carbonyl (C=O) groups excluding carboxylic acids is 2. The Hall–Kier alpha value is -3.08. The van der Waals surface area contributed by atoms with E-state index in [0.29, 0.717) is 11.7 Å². The number of amides is 1. The fourth-order valence-corrected chi connectivity index (χ4v) is 2.72. The summed E-state index contributed by atoms with van der Waals surface area (Å²) in [4.78, 5) is 24.5. The van der Waals surface area contributed by atoms with Gasteiger partial charge in [-0.15, -0.1) is 0 Å². The van der Waals surface area contributed by atoms with Crippen LogP contribution in [0.3, 0.4) is 0 Å². The van der Waals surface area contributed by atoms with Gasteiger partial charge in [0.25, 0.3) is 5.91 Å². The molecule has 1 amide bonds. The van der Waals surface area contributed by atoms with Crippen molar-refractivity contribution in [2.24, 2.45) is 0 Å². The minimum absolute atomic E-state index is 0.318. The zero-order chi connectivity index (χ0) is 20.5. The third-order valence-electron chi connectivity index (χ3n) is 4.56. The van der Waals surface area contributed by atoms with Crippen LogP contribution < -0.4 is 10.1 Å². The number of benzene rings is 2. The molecule has 2 aromatic carbocycles. The van der Waals surface area contributed by atoms with Crippen molar-refractivity contribution in [1.29, 1.82) is 0 Å². The molecule has 2 unspecified atom stereocenters. The van der Waals surface area contributed by atoms with Crippen LogP contribution in [-0.2, 0) is 14.3 Å². The fourth-order valence-electron chi connectivity index (χ4n) is 2.72. The minimum atomic E-state index is -0.917. The molecule has 0 spiro atoms. The van der Waals surface area contributed by atoms with Gasteiger partial charge in [-0.2, -0.15) is 0 Å². The fraction of sp³-hybridized carbons (Fsp3) is 0.304. The second-order valence-corrected chi connectivity index (χ2v) is 6.54. The van der Waals surface area contributed by atoms with Gasteiger partial charge < -0.3 is 14.8 Å². The van der Waals surface area contributed by atoms with Gasteiger partial charge in [0.2, 0.25) is 0 Å². The Bertz CT molecular complexity index is 844. The highest BCUT2D eigenvalue weighted by Gasteiger charge is 2.19. The topological polar surface area (TPSA) is 64.6 Å². The first kappa shape index (κ1) is 21.2.